The normalized spacial score (nSPS) is 17.7. The van der Waals surface area contributed by atoms with Crippen molar-refractivity contribution in [2.75, 3.05) is 39.4 Å². The molecule has 4 aromatic rings. The molecule has 180 valence electrons. The number of imidazole rings is 1. The van der Waals surface area contributed by atoms with Crippen molar-refractivity contribution in [2.45, 2.75) is 31.7 Å². The number of fused-ring (bicyclic) bond motifs is 1. The number of pyridine rings is 1. The number of aromatic nitrogens is 5. The minimum atomic E-state index is 0.447. The van der Waals surface area contributed by atoms with E-state index < -0.39 is 0 Å². The molecule has 8 heteroatoms. The summed E-state index contributed by atoms with van der Waals surface area (Å²) in [7, 11) is 0. The van der Waals surface area contributed by atoms with Crippen molar-refractivity contribution in [3.05, 3.63) is 71.7 Å². The van der Waals surface area contributed by atoms with Crippen LogP contribution < -0.4 is 5.32 Å². The van der Waals surface area contributed by atoms with Crippen LogP contribution in [-0.2, 0) is 17.7 Å². The summed E-state index contributed by atoms with van der Waals surface area (Å²) in [6.07, 6.45) is 6.31. The molecule has 8 nitrogen and oxygen atoms in total. The van der Waals surface area contributed by atoms with Gasteiger partial charge in [0.2, 0.25) is 0 Å². The van der Waals surface area contributed by atoms with E-state index in [0.29, 0.717) is 12.3 Å². The number of nitrogens with zero attached hydrogens (tertiary/aromatic N) is 5. The first-order chi connectivity index (χ1) is 17.3. The molecule has 0 saturated carbocycles. The third-order valence-electron chi connectivity index (χ3n) is 7.00. The summed E-state index contributed by atoms with van der Waals surface area (Å²) in [6, 6.07) is 12.7. The third-order valence-corrected chi connectivity index (χ3v) is 7.00. The molecule has 0 bridgehead atoms. The summed E-state index contributed by atoms with van der Waals surface area (Å²) in [5, 5.41) is 3.41. The van der Waals surface area contributed by atoms with Crippen LogP contribution in [0.4, 0.5) is 0 Å². The maximum atomic E-state index is 5.51. The Morgan fingerprint density at radius 2 is 1.86 bits per heavy atom. The van der Waals surface area contributed by atoms with Crippen LogP contribution in [-0.4, -0.2) is 69.2 Å². The van der Waals surface area contributed by atoms with Crippen LogP contribution in [0, 0.1) is 0 Å². The van der Waals surface area contributed by atoms with Gasteiger partial charge in [-0.05, 0) is 48.7 Å². The van der Waals surface area contributed by atoms with Gasteiger partial charge in [-0.3, -0.25) is 9.88 Å². The lowest BCUT2D eigenvalue weighted by atomic mass is 9.95. The number of piperazine rings is 1. The van der Waals surface area contributed by atoms with E-state index in [1.165, 1.54) is 5.56 Å². The number of ether oxygens (including phenoxy) is 1. The second kappa shape index (κ2) is 10.2. The average molecular weight is 470 g/mol. The molecule has 5 heterocycles. The van der Waals surface area contributed by atoms with Crippen molar-refractivity contribution in [1.29, 1.82) is 0 Å². The summed E-state index contributed by atoms with van der Waals surface area (Å²) < 4.78 is 5.51. The van der Waals surface area contributed by atoms with Gasteiger partial charge in [-0.2, -0.15) is 0 Å². The Bertz CT molecular complexity index is 1290. The molecular formula is C27H31N7O. The molecule has 1 aromatic carbocycles. The highest BCUT2D eigenvalue weighted by Gasteiger charge is 2.18. The SMILES string of the molecule is c1cc(CN2CCNCC2)cc(Cc2nc3ccc(-c4cc(C5CCOCC5)ncn4)cc3[nH]2)n1. The van der Waals surface area contributed by atoms with Crippen LogP contribution in [0.2, 0.25) is 0 Å². The van der Waals surface area contributed by atoms with Crippen molar-refractivity contribution >= 4 is 11.0 Å². The van der Waals surface area contributed by atoms with Gasteiger partial charge in [-0.1, -0.05) is 6.07 Å². The summed E-state index contributed by atoms with van der Waals surface area (Å²) in [5.41, 5.74) is 7.44. The summed E-state index contributed by atoms with van der Waals surface area (Å²) in [5.74, 6) is 1.37. The Balaban J connectivity index is 1.19. The van der Waals surface area contributed by atoms with Gasteiger partial charge >= 0.3 is 0 Å². The van der Waals surface area contributed by atoms with Gasteiger partial charge in [0.1, 0.15) is 12.2 Å². The maximum Gasteiger partial charge on any atom is 0.116 e. The number of benzene rings is 1. The average Bonchev–Trinajstić information content (AvgIpc) is 3.31. The first kappa shape index (κ1) is 22.3. The molecule has 0 unspecified atom stereocenters. The Morgan fingerprint density at radius 3 is 2.74 bits per heavy atom. The largest absolute Gasteiger partial charge is 0.381 e. The number of H-pyrrole nitrogens is 1. The van der Waals surface area contributed by atoms with Gasteiger partial charge in [0.25, 0.3) is 0 Å². The topological polar surface area (TPSA) is 91.9 Å². The summed E-state index contributed by atoms with van der Waals surface area (Å²) in [6.45, 7) is 6.88. The second-order valence-electron chi connectivity index (χ2n) is 9.49. The zero-order valence-electron chi connectivity index (χ0n) is 19.9. The minimum absolute atomic E-state index is 0.447. The van der Waals surface area contributed by atoms with Gasteiger partial charge < -0.3 is 15.0 Å². The molecular weight excluding hydrogens is 438 g/mol. The van der Waals surface area contributed by atoms with E-state index in [-0.39, 0.29) is 0 Å². The summed E-state index contributed by atoms with van der Waals surface area (Å²) in [4.78, 5) is 24.5. The molecule has 6 rings (SSSR count). The molecule has 3 aromatic heterocycles. The van der Waals surface area contributed by atoms with Gasteiger partial charge in [-0.25, -0.2) is 15.0 Å². The van der Waals surface area contributed by atoms with E-state index in [0.717, 1.165) is 98.3 Å². The first-order valence-corrected chi connectivity index (χ1v) is 12.6. The van der Waals surface area contributed by atoms with E-state index in [9.17, 15) is 0 Å². The zero-order valence-corrected chi connectivity index (χ0v) is 19.9. The van der Waals surface area contributed by atoms with E-state index in [1.807, 2.05) is 6.20 Å². The van der Waals surface area contributed by atoms with Crippen LogP contribution >= 0.6 is 0 Å². The lowest BCUT2D eigenvalue weighted by Gasteiger charge is -2.27. The zero-order chi connectivity index (χ0) is 23.5. The minimum Gasteiger partial charge on any atom is -0.381 e. The predicted molar refractivity (Wildman–Crippen MR) is 135 cm³/mol. The second-order valence-corrected chi connectivity index (χ2v) is 9.49. The fourth-order valence-electron chi connectivity index (χ4n) is 5.07. The predicted octanol–water partition coefficient (Wildman–Crippen LogP) is 3.30. The van der Waals surface area contributed by atoms with Crippen molar-refractivity contribution in [3.63, 3.8) is 0 Å². The van der Waals surface area contributed by atoms with E-state index in [4.69, 9.17) is 9.72 Å². The smallest absolute Gasteiger partial charge is 0.116 e. The van der Waals surface area contributed by atoms with Crippen LogP contribution in [0.15, 0.2) is 48.9 Å². The highest BCUT2D eigenvalue weighted by Crippen LogP contribution is 2.28. The molecule has 0 radical (unpaired) electrons. The summed E-state index contributed by atoms with van der Waals surface area (Å²) >= 11 is 0. The fraction of sp³-hybridized carbons (Fsp3) is 0.407. The Hall–Kier alpha value is -3.20. The van der Waals surface area contributed by atoms with Gasteiger partial charge in [0.15, 0.2) is 0 Å². The molecule has 2 saturated heterocycles. The molecule has 0 amide bonds. The van der Waals surface area contributed by atoms with Gasteiger partial charge in [0.05, 0.1) is 16.7 Å². The number of hydrogen-bond acceptors (Lipinski definition) is 7. The highest BCUT2D eigenvalue weighted by atomic mass is 16.5. The Kier molecular flexibility index (Phi) is 6.49. The van der Waals surface area contributed by atoms with Crippen molar-refractivity contribution in [1.82, 2.24) is 35.1 Å². The highest BCUT2D eigenvalue weighted by molar-refractivity contribution is 5.81. The van der Waals surface area contributed by atoms with Crippen molar-refractivity contribution < 1.29 is 4.74 Å². The van der Waals surface area contributed by atoms with Gasteiger partial charge in [0, 0.05) is 81.4 Å². The Morgan fingerprint density at radius 1 is 0.971 bits per heavy atom. The molecule has 35 heavy (non-hydrogen) atoms. The monoisotopic (exact) mass is 469 g/mol. The first-order valence-electron chi connectivity index (χ1n) is 12.6. The third kappa shape index (κ3) is 5.24. The molecule has 0 spiro atoms. The fourth-order valence-corrected chi connectivity index (χ4v) is 5.07. The number of nitrogens with one attached hydrogen (secondary N) is 2. The van der Waals surface area contributed by atoms with Crippen LogP contribution in [0.3, 0.4) is 0 Å². The Labute approximate surface area is 205 Å². The van der Waals surface area contributed by atoms with E-state index in [1.54, 1.807) is 6.33 Å². The van der Waals surface area contributed by atoms with Crippen LogP contribution in [0.25, 0.3) is 22.3 Å². The lowest BCUT2D eigenvalue weighted by molar-refractivity contribution is 0.0845. The molecule has 2 aliphatic rings. The van der Waals surface area contributed by atoms with Crippen molar-refractivity contribution in [3.8, 4) is 11.3 Å². The standard InChI is InChI=1S/C27H31N7O/c1-2-23-26(14-21(1)25-16-24(30-18-31-25)20-4-11-35-12-5-20)33-27(32-23)15-22-13-19(3-6-29-22)17-34-9-7-28-8-10-34/h1-3,6,13-14,16,18,20,28H,4-5,7-12,15,17H2,(H,32,33). The quantitative estimate of drug-likeness (QED) is 0.448. The number of rotatable bonds is 6. The molecule has 2 N–H and O–H groups in total. The van der Waals surface area contributed by atoms with E-state index in [2.05, 4.69) is 66.6 Å². The molecule has 0 atom stereocenters. The van der Waals surface area contributed by atoms with E-state index >= 15 is 0 Å². The van der Waals surface area contributed by atoms with Gasteiger partial charge in [-0.15, -0.1) is 0 Å². The number of aromatic amines is 1. The van der Waals surface area contributed by atoms with Crippen molar-refractivity contribution in [2.24, 2.45) is 0 Å². The number of hydrogen-bond donors (Lipinski definition) is 2. The lowest BCUT2D eigenvalue weighted by Crippen LogP contribution is -2.42. The molecule has 2 aliphatic heterocycles. The molecule has 0 aliphatic carbocycles. The van der Waals surface area contributed by atoms with Crippen LogP contribution in [0.5, 0.6) is 0 Å². The van der Waals surface area contributed by atoms with Crippen LogP contribution in [0.1, 0.15) is 41.5 Å². The molecule has 2 fully saturated rings. The maximum absolute atomic E-state index is 5.51.